The van der Waals surface area contributed by atoms with Gasteiger partial charge in [0.1, 0.15) is 16.8 Å². The Morgan fingerprint density at radius 1 is 1.03 bits per heavy atom. The van der Waals surface area contributed by atoms with Crippen LogP contribution in [0.1, 0.15) is 29.8 Å². The van der Waals surface area contributed by atoms with Crippen molar-refractivity contribution in [3.05, 3.63) is 63.8 Å². The van der Waals surface area contributed by atoms with Crippen LogP contribution in [-0.2, 0) is 11.2 Å². The monoisotopic (exact) mass is 462 g/mol. The molecule has 2 aromatic rings. The molecule has 9 heteroatoms. The number of hydrogen-bond donors (Lipinski definition) is 3. The van der Waals surface area contributed by atoms with Crippen molar-refractivity contribution in [2.45, 2.75) is 20.3 Å². The van der Waals surface area contributed by atoms with E-state index in [0.717, 1.165) is 18.8 Å². The predicted molar refractivity (Wildman–Crippen MR) is 126 cm³/mol. The molecule has 1 aliphatic heterocycles. The number of anilines is 1. The summed E-state index contributed by atoms with van der Waals surface area (Å²) in [5, 5.41) is 29.6. The van der Waals surface area contributed by atoms with E-state index < -0.39 is 28.7 Å². The molecule has 0 fully saturated rings. The highest BCUT2D eigenvalue weighted by Crippen LogP contribution is 2.38. The molecule has 2 aromatic carbocycles. The lowest BCUT2D eigenvalue weighted by Crippen LogP contribution is -2.21. The first-order valence-electron chi connectivity index (χ1n) is 10.7. The van der Waals surface area contributed by atoms with E-state index in [2.05, 4.69) is 9.88 Å². The van der Waals surface area contributed by atoms with Gasteiger partial charge in [0.25, 0.3) is 0 Å². The molecule has 0 bridgehead atoms. The minimum atomic E-state index is -1.41. The lowest BCUT2D eigenvalue weighted by Gasteiger charge is -2.21. The molecule has 0 aromatic heterocycles. The molecule has 0 saturated heterocycles. The number of aromatic carboxylic acids is 1. The molecule has 0 saturated carbocycles. The topological polar surface area (TPSA) is 141 Å². The number of phenolic OH excluding ortho intramolecular Hbond substituents is 1. The quantitative estimate of drug-likeness (QED) is 0.349. The Kier molecular flexibility index (Phi) is 5.93. The number of rotatable bonds is 7. The molecule has 9 nitrogen and oxygen atoms in total. The zero-order chi connectivity index (χ0) is 24.6. The van der Waals surface area contributed by atoms with Crippen LogP contribution >= 0.6 is 0 Å². The Bertz CT molecular complexity index is 1440. The van der Waals surface area contributed by atoms with Gasteiger partial charge in [-0.3, -0.25) is 9.59 Å². The van der Waals surface area contributed by atoms with Crippen molar-refractivity contribution in [2.75, 3.05) is 18.0 Å². The minimum absolute atomic E-state index is 0.155. The first kappa shape index (κ1) is 22.8. The van der Waals surface area contributed by atoms with Gasteiger partial charge < -0.3 is 24.6 Å². The largest absolute Gasteiger partial charge is 0.501 e. The Hall–Kier alpha value is -4.40. The van der Waals surface area contributed by atoms with Crippen molar-refractivity contribution in [1.29, 1.82) is 0 Å². The zero-order valence-corrected chi connectivity index (χ0v) is 18.5. The molecule has 3 N–H and O–H groups in total. The summed E-state index contributed by atoms with van der Waals surface area (Å²) < 4.78 is 5.81. The SMILES string of the molecule is CCN(CC)c1ccc2nc3c(C(=O)O)c(-c4ccc(CC(=O)O)cc4)c(=O)c(O)c-3oc2c1. The third-order valence-corrected chi connectivity index (χ3v) is 5.69. The summed E-state index contributed by atoms with van der Waals surface area (Å²) >= 11 is 0. The third-order valence-electron chi connectivity index (χ3n) is 5.69. The number of phenols is 1. The summed E-state index contributed by atoms with van der Waals surface area (Å²) in [6.45, 7) is 5.54. The van der Waals surface area contributed by atoms with Gasteiger partial charge in [-0.15, -0.1) is 0 Å². The summed E-state index contributed by atoms with van der Waals surface area (Å²) in [6, 6.07) is 11.1. The Balaban J connectivity index is 1.98. The van der Waals surface area contributed by atoms with Crippen LogP contribution in [0.2, 0.25) is 0 Å². The molecule has 174 valence electrons. The van der Waals surface area contributed by atoms with Crippen LogP contribution in [0.15, 0.2) is 51.7 Å². The smallest absolute Gasteiger partial charge is 0.338 e. The number of fused-ring (bicyclic) bond motifs is 2. The van der Waals surface area contributed by atoms with Crippen molar-refractivity contribution >= 4 is 28.7 Å². The summed E-state index contributed by atoms with van der Waals surface area (Å²) in [6.07, 6.45) is -0.221. The fraction of sp³-hybridized carbons (Fsp3) is 0.200. The molecule has 0 atom stereocenters. The van der Waals surface area contributed by atoms with Crippen LogP contribution in [0.5, 0.6) is 5.75 Å². The molecule has 0 unspecified atom stereocenters. The molecule has 34 heavy (non-hydrogen) atoms. The molecular formula is C25H22N2O7. The van der Waals surface area contributed by atoms with Crippen molar-refractivity contribution < 1.29 is 29.3 Å². The molecule has 0 amide bonds. The molecule has 0 radical (unpaired) electrons. The van der Waals surface area contributed by atoms with Gasteiger partial charge in [-0.25, -0.2) is 9.78 Å². The maximum Gasteiger partial charge on any atom is 0.338 e. The van der Waals surface area contributed by atoms with Gasteiger partial charge in [-0.05, 0) is 37.1 Å². The fourth-order valence-corrected chi connectivity index (χ4v) is 4.02. The number of aliphatic carboxylic acids is 1. The van der Waals surface area contributed by atoms with Gasteiger partial charge in [0.2, 0.25) is 11.2 Å². The average Bonchev–Trinajstić information content (AvgIpc) is 2.81. The van der Waals surface area contributed by atoms with Crippen LogP contribution in [0.3, 0.4) is 0 Å². The molecule has 4 rings (SSSR count). The average molecular weight is 462 g/mol. The highest BCUT2D eigenvalue weighted by atomic mass is 16.4. The van der Waals surface area contributed by atoms with Crippen LogP contribution in [0.4, 0.5) is 5.69 Å². The van der Waals surface area contributed by atoms with Gasteiger partial charge in [0.05, 0.1) is 12.0 Å². The second kappa shape index (κ2) is 8.86. The van der Waals surface area contributed by atoms with Crippen molar-refractivity contribution in [3.63, 3.8) is 0 Å². The second-order valence-corrected chi connectivity index (χ2v) is 7.72. The van der Waals surface area contributed by atoms with Crippen molar-refractivity contribution in [3.8, 4) is 28.3 Å². The van der Waals surface area contributed by atoms with Gasteiger partial charge >= 0.3 is 11.9 Å². The van der Waals surface area contributed by atoms with Gasteiger partial charge in [0, 0.05) is 24.8 Å². The highest BCUT2D eigenvalue weighted by Gasteiger charge is 2.31. The van der Waals surface area contributed by atoms with Gasteiger partial charge in [-0.1, -0.05) is 24.3 Å². The van der Waals surface area contributed by atoms with E-state index in [1.54, 1.807) is 12.1 Å². The van der Waals surface area contributed by atoms with E-state index in [9.17, 15) is 24.6 Å². The molecule has 1 aliphatic carbocycles. The minimum Gasteiger partial charge on any atom is -0.501 e. The number of aromatic nitrogens is 1. The van der Waals surface area contributed by atoms with E-state index in [1.165, 1.54) is 24.3 Å². The Morgan fingerprint density at radius 2 is 1.71 bits per heavy atom. The number of hydrogen-bond acceptors (Lipinski definition) is 7. The van der Waals surface area contributed by atoms with E-state index in [1.807, 2.05) is 19.9 Å². The van der Waals surface area contributed by atoms with Crippen LogP contribution in [-0.4, -0.2) is 45.3 Å². The number of carboxylic acids is 2. The summed E-state index contributed by atoms with van der Waals surface area (Å²) in [5.74, 6) is -3.48. The van der Waals surface area contributed by atoms with Gasteiger partial charge in [-0.2, -0.15) is 0 Å². The lowest BCUT2D eigenvalue weighted by atomic mass is 9.93. The summed E-state index contributed by atoms with van der Waals surface area (Å²) in [5.41, 5.74) is 0.504. The fourth-order valence-electron chi connectivity index (χ4n) is 4.02. The number of carbonyl (C=O) groups is 2. The maximum atomic E-state index is 13.1. The summed E-state index contributed by atoms with van der Waals surface area (Å²) in [7, 11) is 0. The molecule has 1 heterocycles. The standard InChI is InChI=1S/C25H22N2O7/c1-3-27(4-2)15-9-10-16-17(12-15)34-24-21(26-16)20(25(32)33)19(22(30)23(24)31)14-7-5-13(6-8-14)11-18(28)29/h5-10,12,31H,3-4,11H2,1-2H3,(H,28,29)(H,32,33). The third kappa shape index (κ3) is 3.92. The Morgan fingerprint density at radius 3 is 2.29 bits per heavy atom. The van der Waals surface area contributed by atoms with E-state index >= 15 is 0 Å². The predicted octanol–water partition coefficient (Wildman–Crippen LogP) is 3.84. The molecule has 2 aliphatic rings. The normalized spacial score (nSPS) is 11.1. The van der Waals surface area contributed by atoms with Gasteiger partial charge in [0.15, 0.2) is 11.3 Å². The first-order valence-corrected chi connectivity index (χ1v) is 10.7. The molecular weight excluding hydrogens is 440 g/mol. The lowest BCUT2D eigenvalue weighted by molar-refractivity contribution is -0.136. The summed E-state index contributed by atoms with van der Waals surface area (Å²) in [4.78, 5) is 42.8. The highest BCUT2D eigenvalue weighted by molar-refractivity contribution is 6.04. The van der Waals surface area contributed by atoms with Crippen LogP contribution < -0.4 is 10.3 Å². The Labute approximate surface area is 193 Å². The first-order chi connectivity index (χ1) is 16.2. The molecule has 0 spiro atoms. The van der Waals surface area contributed by atoms with Crippen molar-refractivity contribution in [2.24, 2.45) is 0 Å². The zero-order valence-electron chi connectivity index (χ0n) is 18.5. The number of benzene rings is 3. The van der Waals surface area contributed by atoms with Crippen molar-refractivity contribution in [1.82, 2.24) is 4.98 Å². The van der Waals surface area contributed by atoms with Crippen LogP contribution in [0.25, 0.3) is 33.7 Å². The maximum absolute atomic E-state index is 13.1. The number of carboxylic acid groups (broad SMARTS) is 2. The van der Waals surface area contributed by atoms with E-state index in [-0.39, 0.29) is 29.0 Å². The second-order valence-electron chi connectivity index (χ2n) is 7.72. The van der Waals surface area contributed by atoms with E-state index in [0.29, 0.717) is 16.7 Å². The number of nitrogens with zero attached hydrogens (tertiary/aromatic N) is 2. The number of aromatic hydroxyl groups is 1. The van der Waals surface area contributed by atoms with E-state index in [4.69, 9.17) is 9.52 Å². The van der Waals surface area contributed by atoms with Crippen LogP contribution in [0, 0.1) is 0 Å².